The Hall–Kier alpha value is -0.670. The predicted molar refractivity (Wildman–Crippen MR) is 54.5 cm³/mol. The van der Waals surface area contributed by atoms with Crippen LogP contribution >= 0.6 is 0 Å². The Kier molecular flexibility index (Phi) is 1.40. The van der Waals surface area contributed by atoms with Crippen LogP contribution in [-0.4, -0.2) is 29.7 Å². The van der Waals surface area contributed by atoms with Crippen LogP contribution in [0.2, 0.25) is 0 Å². The van der Waals surface area contributed by atoms with Gasteiger partial charge < -0.3 is 9.47 Å². The summed E-state index contributed by atoms with van der Waals surface area (Å²) in [6.45, 7) is 8.72. The lowest BCUT2D eigenvalue weighted by molar-refractivity contribution is -0.122. The van der Waals surface area contributed by atoms with Crippen molar-refractivity contribution in [3.63, 3.8) is 0 Å². The van der Waals surface area contributed by atoms with Crippen LogP contribution in [0, 0.1) is 5.41 Å². The molecule has 1 spiro atoms. The molecule has 3 rings (SSSR count). The molecule has 0 aromatic rings. The van der Waals surface area contributed by atoms with Gasteiger partial charge in [-0.05, 0) is 18.4 Å². The van der Waals surface area contributed by atoms with Crippen molar-refractivity contribution >= 4 is 5.78 Å². The lowest BCUT2D eigenvalue weighted by atomic mass is 9.73. The van der Waals surface area contributed by atoms with Crippen LogP contribution in [0.1, 0.15) is 27.7 Å². The fourth-order valence-electron chi connectivity index (χ4n) is 2.50. The van der Waals surface area contributed by atoms with E-state index >= 15 is 0 Å². The molecular formula is C12H16O3. The van der Waals surface area contributed by atoms with E-state index in [0.29, 0.717) is 6.61 Å². The summed E-state index contributed by atoms with van der Waals surface area (Å²) < 4.78 is 11.0. The number of ether oxygens (including phenoxy) is 2. The molecule has 3 nitrogen and oxygen atoms in total. The summed E-state index contributed by atoms with van der Waals surface area (Å²) in [7, 11) is 0. The van der Waals surface area contributed by atoms with E-state index in [1.54, 1.807) is 0 Å². The van der Waals surface area contributed by atoms with Gasteiger partial charge in [0.2, 0.25) is 0 Å². The van der Waals surface area contributed by atoms with Gasteiger partial charge in [-0.2, -0.15) is 0 Å². The fourth-order valence-corrected chi connectivity index (χ4v) is 2.50. The van der Waals surface area contributed by atoms with Gasteiger partial charge in [-0.1, -0.05) is 20.8 Å². The number of hydrogen-bond acceptors (Lipinski definition) is 3. The minimum absolute atomic E-state index is 0.0383. The molecule has 3 aliphatic rings. The van der Waals surface area contributed by atoms with Crippen molar-refractivity contribution in [1.82, 2.24) is 0 Å². The zero-order chi connectivity index (χ0) is 11.1. The highest BCUT2D eigenvalue weighted by Gasteiger charge is 2.75. The van der Waals surface area contributed by atoms with Gasteiger partial charge in [0.05, 0.1) is 6.61 Å². The third kappa shape index (κ3) is 1.05. The van der Waals surface area contributed by atoms with Crippen LogP contribution in [0.15, 0.2) is 11.6 Å². The summed E-state index contributed by atoms with van der Waals surface area (Å²) in [5.41, 5.74) is -0.147. The molecule has 0 amide bonds. The molecular weight excluding hydrogens is 192 g/mol. The second-order valence-electron chi connectivity index (χ2n) is 6.00. The maximum atomic E-state index is 12.3. The molecule has 0 aromatic carbocycles. The smallest absolute Gasteiger partial charge is 0.196 e. The SMILES string of the molecule is CC(C)(C)C1=C[C@@]2(C)O[C@H]2[C@@]2(CO2)C1=O. The van der Waals surface area contributed by atoms with Crippen molar-refractivity contribution in [1.29, 1.82) is 0 Å². The van der Waals surface area contributed by atoms with Crippen LogP contribution in [0.3, 0.4) is 0 Å². The molecule has 3 heteroatoms. The van der Waals surface area contributed by atoms with E-state index in [0.717, 1.165) is 5.57 Å². The van der Waals surface area contributed by atoms with Crippen LogP contribution < -0.4 is 0 Å². The van der Waals surface area contributed by atoms with Crippen LogP contribution in [0.4, 0.5) is 0 Å². The summed E-state index contributed by atoms with van der Waals surface area (Å²) in [4.78, 5) is 12.3. The van der Waals surface area contributed by atoms with E-state index in [2.05, 4.69) is 20.8 Å². The zero-order valence-corrected chi connectivity index (χ0v) is 9.59. The van der Waals surface area contributed by atoms with Gasteiger partial charge in [0.15, 0.2) is 11.4 Å². The molecule has 0 bridgehead atoms. The third-order valence-corrected chi connectivity index (χ3v) is 3.58. The summed E-state index contributed by atoms with van der Waals surface area (Å²) in [5.74, 6) is 0.134. The largest absolute Gasteiger partial charge is 0.358 e. The molecule has 3 atom stereocenters. The van der Waals surface area contributed by atoms with Gasteiger partial charge in [0.1, 0.15) is 11.7 Å². The normalized spacial score (nSPS) is 47.6. The molecule has 2 aliphatic heterocycles. The Balaban J connectivity index is 2.08. The highest BCUT2D eigenvalue weighted by molar-refractivity contribution is 6.07. The summed E-state index contributed by atoms with van der Waals surface area (Å²) in [6, 6.07) is 0. The maximum absolute atomic E-state index is 12.3. The van der Waals surface area contributed by atoms with Gasteiger partial charge in [0, 0.05) is 5.57 Å². The first-order chi connectivity index (χ1) is 6.80. The molecule has 2 saturated heterocycles. The molecule has 0 saturated carbocycles. The predicted octanol–water partition coefficient (Wildman–Crippen LogP) is 1.47. The van der Waals surface area contributed by atoms with E-state index in [1.165, 1.54) is 0 Å². The monoisotopic (exact) mass is 208 g/mol. The van der Waals surface area contributed by atoms with Gasteiger partial charge in [-0.15, -0.1) is 0 Å². The van der Waals surface area contributed by atoms with Crippen LogP contribution in [0.5, 0.6) is 0 Å². The number of epoxide rings is 2. The van der Waals surface area contributed by atoms with Crippen molar-refractivity contribution in [2.45, 2.75) is 45.0 Å². The third-order valence-electron chi connectivity index (χ3n) is 3.58. The summed E-state index contributed by atoms with van der Waals surface area (Å²) in [6.07, 6.45) is 1.95. The number of carbonyl (C=O) groups excluding carboxylic acids is 1. The molecule has 0 radical (unpaired) electrons. The van der Waals surface area contributed by atoms with Crippen molar-refractivity contribution < 1.29 is 14.3 Å². The number of rotatable bonds is 0. The summed E-state index contributed by atoms with van der Waals surface area (Å²) in [5, 5.41) is 0. The number of Topliss-reactive ketones (excluding diaryl/α,β-unsaturated/α-hetero) is 1. The fraction of sp³-hybridized carbons (Fsp3) is 0.750. The zero-order valence-electron chi connectivity index (χ0n) is 9.59. The van der Waals surface area contributed by atoms with E-state index in [1.807, 2.05) is 13.0 Å². The molecule has 0 aromatic heterocycles. The number of hydrogen-bond donors (Lipinski definition) is 0. The lowest BCUT2D eigenvalue weighted by Gasteiger charge is -2.27. The first-order valence-electron chi connectivity index (χ1n) is 5.40. The first-order valence-corrected chi connectivity index (χ1v) is 5.40. The lowest BCUT2D eigenvalue weighted by Crippen LogP contribution is -2.42. The standard InChI is InChI=1S/C12H16O3/c1-10(2,3)7-5-11(4)9(15-11)12(6-14-12)8(7)13/h5,9H,6H2,1-4H3/t9-,11-,12-/m1/s1. The Bertz CT molecular complexity index is 384. The maximum Gasteiger partial charge on any atom is 0.196 e. The molecule has 1 aliphatic carbocycles. The Morgan fingerprint density at radius 2 is 2.07 bits per heavy atom. The average molecular weight is 208 g/mol. The quantitative estimate of drug-likeness (QED) is 0.566. The first kappa shape index (κ1) is 9.55. The number of carbonyl (C=O) groups is 1. The van der Waals surface area contributed by atoms with E-state index in [4.69, 9.17) is 9.47 Å². The van der Waals surface area contributed by atoms with Gasteiger partial charge in [-0.3, -0.25) is 4.79 Å². The Morgan fingerprint density at radius 3 is 2.53 bits per heavy atom. The number of fused-ring (bicyclic) bond motifs is 2. The van der Waals surface area contributed by atoms with Crippen LogP contribution in [0.25, 0.3) is 0 Å². The molecule has 2 heterocycles. The average Bonchev–Trinajstić information content (AvgIpc) is 2.92. The highest BCUT2D eigenvalue weighted by Crippen LogP contribution is 2.57. The molecule has 0 N–H and O–H groups in total. The number of ketones is 1. The van der Waals surface area contributed by atoms with Crippen molar-refractivity contribution in [3.05, 3.63) is 11.6 Å². The van der Waals surface area contributed by atoms with Gasteiger partial charge in [0.25, 0.3) is 0 Å². The van der Waals surface area contributed by atoms with Crippen molar-refractivity contribution in [3.8, 4) is 0 Å². The Morgan fingerprint density at radius 1 is 1.47 bits per heavy atom. The highest BCUT2D eigenvalue weighted by atomic mass is 16.7. The van der Waals surface area contributed by atoms with E-state index < -0.39 is 5.60 Å². The minimum atomic E-state index is -0.619. The second-order valence-corrected chi connectivity index (χ2v) is 6.00. The van der Waals surface area contributed by atoms with Gasteiger partial charge in [-0.25, -0.2) is 0 Å². The van der Waals surface area contributed by atoms with Gasteiger partial charge >= 0.3 is 0 Å². The van der Waals surface area contributed by atoms with Crippen molar-refractivity contribution in [2.75, 3.05) is 6.61 Å². The molecule has 2 fully saturated rings. The van der Waals surface area contributed by atoms with Crippen molar-refractivity contribution in [2.24, 2.45) is 5.41 Å². The molecule has 0 unspecified atom stereocenters. The Labute approximate surface area is 89.4 Å². The molecule has 15 heavy (non-hydrogen) atoms. The summed E-state index contributed by atoms with van der Waals surface area (Å²) >= 11 is 0. The topological polar surface area (TPSA) is 42.1 Å². The van der Waals surface area contributed by atoms with Crippen LogP contribution in [-0.2, 0) is 14.3 Å². The van der Waals surface area contributed by atoms with E-state index in [9.17, 15) is 4.79 Å². The van der Waals surface area contributed by atoms with E-state index in [-0.39, 0.29) is 22.9 Å². The second kappa shape index (κ2) is 2.20. The molecule has 82 valence electrons. The minimum Gasteiger partial charge on any atom is -0.358 e.